The molecule has 2 rings (SSSR count). The average Bonchev–Trinajstić information content (AvgIpc) is 3.00. The molecule has 0 aliphatic heterocycles. The third-order valence-corrected chi connectivity index (χ3v) is 4.57. The summed E-state index contributed by atoms with van der Waals surface area (Å²) in [5.41, 5.74) is 2.36. The topological polar surface area (TPSA) is 41.1 Å². The number of amides is 1. The number of hydrogen-bond donors (Lipinski definition) is 2. The van der Waals surface area contributed by atoms with Crippen LogP contribution in [-0.4, -0.2) is 18.0 Å². The lowest BCUT2D eigenvalue weighted by Crippen LogP contribution is -2.42. The van der Waals surface area contributed by atoms with E-state index in [9.17, 15) is 4.79 Å². The maximum absolute atomic E-state index is 12.2. The van der Waals surface area contributed by atoms with Crippen molar-refractivity contribution < 1.29 is 4.79 Å². The van der Waals surface area contributed by atoms with Gasteiger partial charge in [-0.05, 0) is 49.8 Å². The highest BCUT2D eigenvalue weighted by atomic mass is 16.2. The summed E-state index contributed by atoms with van der Waals surface area (Å²) < 4.78 is 0. The van der Waals surface area contributed by atoms with E-state index in [4.69, 9.17) is 0 Å². The average molecular weight is 288 g/mol. The highest BCUT2D eigenvalue weighted by Crippen LogP contribution is 2.21. The second-order valence-electron chi connectivity index (χ2n) is 6.29. The van der Waals surface area contributed by atoms with Gasteiger partial charge in [0.25, 0.3) is 0 Å². The monoisotopic (exact) mass is 288 g/mol. The largest absolute Gasteiger partial charge is 0.374 e. The molecule has 21 heavy (non-hydrogen) atoms. The summed E-state index contributed by atoms with van der Waals surface area (Å²) >= 11 is 0. The third-order valence-electron chi connectivity index (χ3n) is 4.57. The minimum absolute atomic E-state index is 0.105. The number of rotatable bonds is 6. The summed E-state index contributed by atoms with van der Waals surface area (Å²) in [6.45, 7) is 6.36. The molecule has 0 aromatic heterocycles. The Kier molecular flexibility index (Phi) is 5.66. The minimum Gasteiger partial charge on any atom is -0.374 e. The van der Waals surface area contributed by atoms with Crippen molar-refractivity contribution in [3.05, 3.63) is 29.8 Å². The highest BCUT2D eigenvalue weighted by Gasteiger charge is 2.20. The van der Waals surface area contributed by atoms with Crippen LogP contribution in [0.25, 0.3) is 0 Å². The van der Waals surface area contributed by atoms with Crippen LogP contribution in [0.5, 0.6) is 0 Å². The van der Waals surface area contributed by atoms with Gasteiger partial charge in [-0.3, -0.25) is 4.79 Å². The number of carbonyl (C=O) groups is 1. The fourth-order valence-electron chi connectivity index (χ4n) is 2.86. The van der Waals surface area contributed by atoms with Crippen molar-refractivity contribution in [2.24, 2.45) is 0 Å². The van der Waals surface area contributed by atoms with Crippen LogP contribution in [0.3, 0.4) is 0 Å². The van der Waals surface area contributed by atoms with Crippen LogP contribution < -0.4 is 10.6 Å². The summed E-state index contributed by atoms with van der Waals surface area (Å²) in [7, 11) is 0. The predicted octanol–water partition coefficient (Wildman–Crippen LogP) is 4.06. The molecule has 3 heteroatoms. The molecule has 1 amide bonds. The maximum Gasteiger partial charge on any atom is 0.242 e. The van der Waals surface area contributed by atoms with Gasteiger partial charge in [-0.25, -0.2) is 0 Å². The normalized spacial score (nSPS) is 18.2. The fourth-order valence-corrected chi connectivity index (χ4v) is 2.86. The predicted molar refractivity (Wildman–Crippen MR) is 88.6 cm³/mol. The fraction of sp³-hybridized carbons (Fsp3) is 0.611. The van der Waals surface area contributed by atoms with Crippen molar-refractivity contribution in [2.75, 3.05) is 5.32 Å². The van der Waals surface area contributed by atoms with E-state index in [-0.39, 0.29) is 11.9 Å². The Morgan fingerprint density at radius 3 is 2.38 bits per heavy atom. The number of anilines is 1. The standard InChI is InChI=1S/C18H28N2O/c1-4-13(2)15-9-11-17(12-10-15)19-14(3)18(21)20-16-7-5-6-8-16/h9-14,16,19H,4-8H2,1-3H3,(H,20,21)/t13-,14-/m1/s1. The van der Waals surface area contributed by atoms with Crippen molar-refractivity contribution >= 4 is 11.6 Å². The van der Waals surface area contributed by atoms with E-state index in [0.717, 1.165) is 24.9 Å². The van der Waals surface area contributed by atoms with Crippen LogP contribution in [0.2, 0.25) is 0 Å². The molecule has 1 aliphatic carbocycles. The van der Waals surface area contributed by atoms with Gasteiger partial charge in [0.05, 0.1) is 0 Å². The quantitative estimate of drug-likeness (QED) is 0.829. The first-order valence-corrected chi connectivity index (χ1v) is 8.27. The second kappa shape index (κ2) is 7.48. The van der Waals surface area contributed by atoms with Crippen LogP contribution >= 0.6 is 0 Å². The maximum atomic E-state index is 12.2. The lowest BCUT2D eigenvalue weighted by atomic mass is 9.98. The van der Waals surface area contributed by atoms with Crippen molar-refractivity contribution in [1.29, 1.82) is 0 Å². The summed E-state index contributed by atoms with van der Waals surface area (Å²) in [5.74, 6) is 0.690. The molecule has 1 fully saturated rings. The second-order valence-corrected chi connectivity index (χ2v) is 6.29. The number of nitrogens with one attached hydrogen (secondary N) is 2. The van der Waals surface area contributed by atoms with Crippen molar-refractivity contribution in [2.45, 2.75) is 70.9 Å². The number of hydrogen-bond acceptors (Lipinski definition) is 2. The van der Waals surface area contributed by atoms with E-state index in [1.807, 2.05) is 6.92 Å². The molecular weight excluding hydrogens is 260 g/mol. The van der Waals surface area contributed by atoms with Gasteiger partial charge in [0, 0.05) is 11.7 Å². The molecule has 1 aromatic carbocycles. The molecule has 2 N–H and O–H groups in total. The number of benzene rings is 1. The molecule has 0 unspecified atom stereocenters. The molecule has 1 saturated carbocycles. The van der Waals surface area contributed by atoms with Crippen molar-refractivity contribution in [3.63, 3.8) is 0 Å². The molecule has 0 heterocycles. The van der Waals surface area contributed by atoms with Gasteiger partial charge in [0.1, 0.15) is 6.04 Å². The van der Waals surface area contributed by atoms with Gasteiger partial charge >= 0.3 is 0 Å². The molecule has 3 nitrogen and oxygen atoms in total. The SMILES string of the molecule is CC[C@@H](C)c1ccc(N[C@H](C)C(=O)NC2CCCC2)cc1. The first-order valence-electron chi connectivity index (χ1n) is 8.27. The van der Waals surface area contributed by atoms with E-state index >= 15 is 0 Å². The van der Waals surface area contributed by atoms with Gasteiger partial charge in [-0.1, -0.05) is 38.8 Å². The molecule has 0 saturated heterocycles. The van der Waals surface area contributed by atoms with Gasteiger partial charge in [0.15, 0.2) is 0 Å². The molecule has 116 valence electrons. The minimum atomic E-state index is -0.194. The van der Waals surface area contributed by atoms with Gasteiger partial charge in [0.2, 0.25) is 5.91 Å². The molecule has 1 aliphatic rings. The van der Waals surface area contributed by atoms with E-state index < -0.39 is 0 Å². The van der Waals surface area contributed by atoms with Gasteiger partial charge in [-0.15, -0.1) is 0 Å². The smallest absolute Gasteiger partial charge is 0.242 e. The zero-order chi connectivity index (χ0) is 15.2. The van der Waals surface area contributed by atoms with Gasteiger partial charge < -0.3 is 10.6 Å². The summed E-state index contributed by atoms with van der Waals surface area (Å²) in [5, 5.41) is 6.42. The third kappa shape index (κ3) is 4.48. The summed E-state index contributed by atoms with van der Waals surface area (Å²) in [4.78, 5) is 12.2. The highest BCUT2D eigenvalue weighted by molar-refractivity contribution is 5.84. The Bertz CT molecular complexity index is 449. The lowest BCUT2D eigenvalue weighted by Gasteiger charge is -2.19. The van der Waals surface area contributed by atoms with Crippen LogP contribution in [0.15, 0.2) is 24.3 Å². The Balaban J connectivity index is 1.86. The van der Waals surface area contributed by atoms with Crippen LogP contribution in [0.1, 0.15) is 64.4 Å². The Morgan fingerprint density at radius 2 is 1.81 bits per heavy atom. The zero-order valence-electron chi connectivity index (χ0n) is 13.5. The Morgan fingerprint density at radius 1 is 1.19 bits per heavy atom. The van der Waals surface area contributed by atoms with Crippen LogP contribution in [-0.2, 0) is 4.79 Å². The van der Waals surface area contributed by atoms with Crippen molar-refractivity contribution in [1.82, 2.24) is 5.32 Å². The zero-order valence-corrected chi connectivity index (χ0v) is 13.5. The molecule has 0 spiro atoms. The van der Waals surface area contributed by atoms with Crippen LogP contribution in [0.4, 0.5) is 5.69 Å². The van der Waals surface area contributed by atoms with E-state index in [0.29, 0.717) is 12.0 Å². The molecule has 1 aromatic rings. The molecule has 0 bridgehead atoms. The van der Waals surface area contributed by atoms with Crippen molar-refractivity contribution in [3.8, 4) is 0 Å². The summed E-state index contributed by atoms with van der Waals surface area (Å²) in [6, 6.07) is 8.63. The first-order chi connectivity index (χ1) is 10.1. The molecular formula is C18H28N2O. The lowest BCUT2D eigenvalue weighted by molar-refractivity contribution is -0.122. The van der Waals surface area contributed by atoms with E-state index in [1.165, 1.54) is 18.4 Å². The number of carbonyl (C=O) groups excluding carboxylic acids is 1. The van der Waals surface area contributed by atoms with Crippen LogP contribution in [0, 0.1) is 0 Å². The van der Waals surface area contributed by atoms with E-state index in [1.54, 1.807) is 0 Å². The van der Waals surface area contributed by atoms with Gasteiger partial charge in [-0.2, -0.15) is 0 Å². The summed E-state index contributed by atoms with van der Waals surface area (Å²) in [6.07, 6.45) is 5.88. The first kappa shape index (κ1) is 15.9. The molecule has 2 atom stereocenters. The van der Waals surface area contributed by atoms with E-state index in [2.05, 4.69) is 48.7 Å². The Hall–Kier alpha value is -1.51. The Labute approximate surface area is 128 Å². The molecule has 0 radical (unpaired) electrons.